The van der Waals surface area contributed by atoms with Gasteiger partial charge in [-0.25, -0.2) is 14.2 Å². The molecule has 2 aliphatic heterocycles. The molecule has 0 spiro atoms. The van der Waals surface area contributed by atoms with E-state index < -0.39 is 29.4 Å². The highest BCUT2D eigenvalue weighted by atomic mass is 35.5. The Balaban J connectivity index is 0.965. The molecule has 5 heterocycles. The van der Waals surface area contributed by atoms with Crippen molar-refractivity contribution in [2.45, 2.75) is 92.0 Å². The Morgan fingerprint density at radius 1 is 0.932 bits per heavy atom. The molecule has 2 saturated heterocycles. The van der Waals surface area contributed by atoms with Gasteiger partial charge in [-0.15, -0.1) is 0 Å². The van der Waals surface area contributed by atoms with Crippen molar-refractivity contribution in [1.82, 2.24) is 44.3 Å². The zero-order valence-corrected chi connectivity index (χ0v) is 43.7. The number of imide groups is 1. The van der Waals surface area contributed by atoms with Gasteiger partial charge in [0.2, 0.25) is 17.7 Å². The Bertz CT molecular complexity index is 3380. The van der Waals surface area contributed by atoms with E-state index in [4.69, 9.17) is 35.9 Å². The van der Waals surface area contributed by atoms with Crippen molar-refractivity contribution >= 4 is 73.9 Å². The quantitative estimate of drug-likeness (QED) is 0.0585. The van der Waals surface area contributed by atoms with Crippen LogP contribution in [0.5, 0.6) is 11.5 Å². The number of carbonyl (C=O) groups is 5. The molecule has 1 atom stereocenters. The molecule has 4 amide bonds. The smallest absolute Gasteiger partial charge is 0.355 e. The lowest BCUT2D eigenvalue weighted by molar-refractivity contribution is -0.135. The highest BCUT2D eigenvalue weighted by Crippen LogP contribution is 2.43. The number of amides is 4. The van der Waals surface area contributed by atoms with E-state index in [0.29, 0.717) is 97.8 Å². The lowest BCUT2D eigenvalue weighted by Crippen LogP contribution is -2.52. The van der Waals surface area contributed by atoms with Crippen LogP contribution in [0.3, 0.4) is 0 Å². The second kappa shape index (κ2) is 20.9. The molecule has 1 unspecified atom stereocenters. The maximum Gasteiger partial charge on any atom is 0.355 e. The molecule has 0 bridgehead atoms. The minimum Gasteiger partial charge on any atom is -0.497 e. The highest BCUT2D eigenvalue weighted by molar-refractivity contribution is 6.35. The van der Waals surface area contributed by atoms with Crippen LogP contribution < -0.4 is 20.1 Å². The molecule has 17 nitrogen and oxygen atoms in total. The number of halogens is 2. The van der Waals surface area contributed by atoms with Crippen LogP contribution in [0, 0.1) is 26.6 Å². The number of hydrogen-bond acceptors (Lipinski definition) is 11. The monoisotopic (exact) mass is 1030 g/mol. The third-order valence-electron chi connectivity index (χ3n) is 14.0. The summed E-state index contributed by atoms with van der Waals surface area (Å²) >= 11 is 7.22. The van der Waals surface area contributed by atoms with E-state index in [9.17, 15) is 28.4 Å². The third kappa shape index (κ3) is 10.4. The van der Waals surface area contributed by atoms with E-state index in [1.165, 1.54) is 19.2 Å². The summed E-state index contributed by atoms with van der Waals surface area (Å²) in [5.74, 6) is -0.889. The van der Waals surface area contributed by atoms with Gasteiger partial charge in [0, 0.05) is 86.4 Å². The minimum atomic E-state index is -0.887. The van der Waals surface area contributed by atoms with Crippen molar-refractivity contribution in [3.05, 3.63) is 106 Å². The Kier molecular flexibility index (Phi) is 14.6. The van der Waals surface area contributed by atoms with Crippen LogP contribution in [-0.4, -0.2) is 121 Å². The summed E-state index contributed by atoms with van der Waals surface area (Å²) in [4.78, 5) is 75.4. The predicted molar refractivity (Wildman–Crippen MR) is 279 cm³/mol. The largest absolute Gasteiger partial charge is 0.497 e. The normalized spacial score (nSPS) is 15.5. The number of ether oxygens (including phenoxy) is 3. The number of methoxy groups -OCH3 is 1. The average molecular weight is 1030 g/mol. The van der Waals surface area contributed by atoms with Gasteiger partial charge < -0.3 is 33.6 Å². The first kappa shape index (κ1) is 51.6. The number of nitrogens with zero attached hydrogens (tertiary/aromatic N) is 7. The van der Waals surface area contributed by atoms with Gasteiger partial charge in [0.25, 0.3) is 5.91 Å². The molecule has 0 aliphatic carbocycles. The van der Waals surface area contributed by atoms with E-state index in [1.54, 1.807) is 29.7 Å². The molecule has 19 heteroatoms. The number of aromatic nitrogens is 5. The minimum absolute atomic E-state index is 0.0369. The summed E-state index contributed by atoms with van der Waals surface area (Å²) in [6.07, 6.45) is 1.30. The van der Waals surface area contributed by atoms with Crippen LogP contribution in [0.25, 0.3) is 43.8 Å². The highest BCUT2D eigenvalue weighted by Gasteiger charge is 2.33. The van der Waals surface area contributed by atoms with Crippen molar-refractivity contribution in [2.24, 2.45) is 7.05 Å². The zero-order chi connectivity index (χ0) is 52.7. The molecule has 4 aromatic carbocycles. The molecule has 0 saturated carbocycles. The van der Waals surface area contributed by atoms with Crippen LogP contribution in [-0.2, 0) is 45.7 Å². The number of nitrogens with one attached hydrogen (secondary N) is 2. The van der Waals surface area contributed by atoms with Gasteiger partial charge in [-0.3, -0.25) is 34.1 Å². The van der Waals surface area contributed by atoms with Crippen molar-refractivity contribution in [3.8, 4) is 22.6 Å². The van der Waals surface area contributed by atoms with E-state index in [1.807, 2.05) is 81.6 Å². The first-order valence-electron chi connectivity index (χ1n) is 24.9. The second-order valence-electron chi connectivity index (χ2n) is 20.0. The van der Waals surface area contributed by atoms with E-state index in [-0.39, 0.29) is 42.6 Å². The Hall–Kier alpha value is -7.31. The topological polar surface area (TPSA) is 184 Å². The van der Waals surface area contributed by atoms with E-state index >= 15 is 0 Å². The van der Waals surface area contributed by atoms with Crippen molar-refractivity contribution in [3.63, 3.8) is 0 Å². The van der Waals surface area contributed by atoms with Crippen LogP contribution in [0.4, 0.5) is 4.39 Å². The zero-order valence-electron chi connectivity index (χ0n) is 43.0. The maximum atomic E-state index is 14.7. The number of imidazole rings is 1. The van der Waals surface area contributed by atoms with Gasteiger partial charge >= 0.3 is 5.97 Å². The summed E-state index contributed by atoms with van der Waals surface area (Å²) < 4.78 is 37.8. The first-order valence-corrected chi connectivity index (χ1v) is 25.3. The van der Waals surface area contributed by atoms with Gasteiger partial charge in [0.15, 0.2) is 0 Å². The standard InChI is InChI=1S/C55H61ClFN9O8/c1-31-47(32(2)62(7)61-31)48-41(56)17-16-39-38(12-10-26-73-44-13-9-11-34-27-35(57)14-15-37(34)44)51(54(71)74-55(4,5)6)65(50(39)48)25-22-63-20-23-64(24-21-63)46(68)30-66-33(3)58-49-40(28-36(72-8)29-43(49)66)52(69)59-42-18-19-45(67)60-53(42)70/h9,11,13-17,27-29,42H,10,12,18-26,30H2,1-8H3,(H,59,69)(H,60,67,70). The molecule has 388 valence electrons. The molecule has 74 heavy (non-hydrogen) atoms. The fourth-order valence-corrected chi connectivity index (χ4v) is 10.5. The number of carbonyl (C=O) groups excluding carboxylic acids is 5. The lowest BCUT2D eigenvalue weighted by Gasteiger charge is -2.35. The van der Waals surface area contributed by atoms with Gasteiger partial charge in [0.05, 0.1) is 41.0 Å². The SMILES string of the molecule is COc1cc(C(=O)NC2CCC(=O)NC2=O)c2nc(C)n(CC(=O)N3CCN(CCn4c(C(=O)OC(C)(C)C)c(CCCOc5cccc6cc(F)ccc56)c5ccc(Cl)c(-c6c(C)nn(C)c6C)c54)CC3)c2c1. The van der Waals surface area contributed by atoms with Gasteiger partial charge in [0.1, 0.15) is 52.5 Å². The summed E-state index contributed by atoms with van der Waals surface area (Å²) in [5.41, 5.74) is 5.68. The number of piperidine rings is 1. The molecule has 2 N–H and O–H groups in total. The molecule has 2 aliphatic rings. The summed E-state index contributed by atoms with van der Waals surface area (Å²) in [7, 11) is 3.37. The molecular formula is C55H61ClFN9O8. The number of rotatable bonds is 15. The molecule has 3 aromatic heterocycles. The van der Waals surface area contributed by atoms with E-state index in [0.717, 1.165) is 49.8 Å². The van der Waals surface area contributed by atoms with Gasteiger partial charge in [-0.1, -0.05) is 29.8 Å². The summed E-state index contributed by atoms with van der Waals surface area (Å²) in [5, 5.41) is 12.7. The average Bonchev–Trinajstić information content (AvgIpc) is 3.95. The fourth-order valence-electron chi connectivity index (χ4n) is 10.3. The Morgan fingerprint density at radius 3 is 2.39 bits per heavy atom. The van der Waals surface area contributed by atoms with Crippen molar-refractivity contribution < 1.29 is 42.6 Å². The predicted octanol–water partition coefficient (Wildman–Crippen LogP) is 7.62. The van der Waals surface area contributed by atoms with Crippen molar-refractivity contribution in [2.75, 3.05) is 46.4 Å². The number of esters is 1. The molecule has 7 aromatic rings. The third-order valence-corrected chi connectivity index (χ3v) is 14.3. The van der Waals surface area contributed by atoms with Gasteiger partial charge in [-0.05, 0) is 108 Å². The molecule has 0 radical (unpaired) electrons. The Morgan fingerprint density at radius 2 is 1.69 bits per heavy atom. The number of piperazine rings is 1. The van der Waals surface area contributed by atoms with Crippen molar-refractivity contribution in [1.29, 1.82) is 0 Å². The first-order chi connectivity index (χ1) is 35.3. The number of benzene rings is 4. The number of aryl methyl sites for hydroxylation is 4. The molecule has 9 rings (SSSR count). The maximum absolute atomic E-state index is 14.7. The Labute approximate surface area is 432 Å². The number of hydrogen-bond donors (Lipinski definition) is 2. The van der Waals surface area contributed by atoms with Crippen LogP contribution >= 0.6 is 11.6 Å². The van der Waals surface area contributed by atoms with Crippen LogP contribution in [0.15, 0.2) is 60.7 Å². The van der Waals surface area contributed by atoms with E-state index in [2.05, 4.69) is 20.1 Å². The lowest BCUT2D eigenvalue weighted by atomic mass is 9.98. The summed E-state index contributed by atoms with van der Waals surface area (Å²) in [6, 6.07) is 16.4. The fraction of sp³-hybridized carbons (Fsp3) is 0.400. The number of fused-ring (bicyclic) bond motifs is 3. The summed E-state index contributed by atoms with van der Waals surface area (Å²) in [6.45, 7) is 14.5. The molecule has 2 fully saturated rings. The second-order valence-corrected chi connectivity index (χ2v) is 20.4. The van der Waals surface area contributed by atoms with Crippen LogP contribution in [0.2, 0.25) is 5.02 Å². The molecular weight excluding hydrogens is 969 g/mol. The van der Waals surface area contributed by atoms with Gasteiger partial charge in [-0.2, -0.15) is 5.10 Å². The van der Waals surface area contributed by atoms with Crippen LogP contribution in [0.1, 0.15) is 83.7 Å².